The topological polar surface area (TPSA) is 75.6 Å². The molecule has 7 rings (SSSR count). The van der Waals surface area contributed by atoms with Crippen molar-refractivity contribution in [2.75, 3.05) is 5.32 Å². The first-order chi connectivity index (χ1) is 16.0. The highest BCUT2D eigenvalue weighted by Gasteiger charge is 2.52. The Kier molecular flexibility index (Phi) is 5.25. The van der Waals surface area contributed by atoms with E-state index in [9.17, 15) is 4.79 Å². The van der Waals surface area contributed by atoms with Crippen molar-refractivity contribution < 1.29 is 4.79 Å². The molecule has 4 aliphatic rings. The van der Waals surface area contributed by atoms with E-state index in [1.807, 2.05) is 28.8 Å². The van der Waals surface area contributed by atoms with Gasteiger partial charge in [-0.25, -0.2) is 4.98 Å². The van der Waals surface area contributed by atoms with Crippen LogP contribution in [-0.4, -0.2) is 25.7 Å². The first-order valence-electron chi connectivity index (χ1n) is 12.0. The second kappa shape index (κ2) is 8.17. The van der Waals surface area contributed by atoms with Gasteiger partial charge >= 0.3 is 0 Å². The van der Waals surface area contributed by atoms with Crippen LogP contribution in [0.4, 0.5) is 5.13 Å². The van der Waals surface area contributed by atoms with E-state index in [0.29, 0.717) is 17.7 Å². The van der Waals surface area contributed by atoms with E-state index in [4.69, 9.17) is 17.2 Å². The predicted molar refractivity (Wildman–Crippen MR) is 133 cm³/mol. The number of aromatic nitrogens is 4. The average Bonchev–Trinajstić information content (AvgIpc) is 3.39. The van der Waals surface area contributed by atoms with Gasteiger partial charge in [0.25, 0.3) is 0 Å². The minimum Gasteiger partial charge on any atom is -0.302 e. The van der Waals surface area contributed by atoms with E-state index in [2.05, 4.69) is 27.8 Å². The van der Waals surface area contributed by atoms with Crippen LogP contribution in [0, 0.1) is 29.4 Å². The summed E-state index contributed by atoms with van der Waals surface area (Å²) in [5.41, 5.74) is 3.66. The SMILES string of the molecule is Cc1ccc(-c2n[nH]c(=S)n2CCC(=O)Nc2nc(C34CC5CC(CC(C5)C3)C4)cs2)cc1. The smallest absolute Gasteiger partial charge is 0.227 e. The van der Waals surface area contributed by atoms with Crippen molar-refractivity contribution in [3.05, 3.63) is 45.7 Å². The lowest BCUT2D eigenvalue weighted by Gasteiger charge is -2.56. The van der Waals surface area contributed by atoms with Gasteiger partial charge in [-0.15, -0.1) is 11.3 Å². The number of carbonyl (C=O) groups excluding carboxylic acids is 1. The van der Waals surface area contributed by atoms with Crippen molar-refractivity contribution in [3.8, 4) is 11.4 Å². The molecule has 3 aromatic rings. The molecule has 0 atom stereocenters. The van der Waals surface area contributed by atoms with E-state index in [-0.39, 0.29) is 11.3 Å². The zero-order valence-electron chi connectivity index (χ0n) is 18.8. The Morgan fingerprint density at radius 2 is 1.85 bits per heavy atom. The summed E-state index contributed by atoms with van der Waals surface area (Å²) < 4.78 is 2.42. The highest BCUT2D eigenvalue weighted by atomic mass is 32.1. The largest absolute Gasteiger partial charge is 0.302 e. The van der Waals surface area contributed by atoms with Crippen molar-refractivity contribution in [2.24, 2.45) is 17.8 Å². The van der Waals surface area contributed by atoms with Gasteiger partial charge in [0.2, 0.25) is 5.91 Å². The first-order valence-corrected chi connectivity index (χ1v) is 13.2. The molecule has 4 saturated carbocycles. The molecule has 8 heteroatoms. The Morgan fingerprint density at radius 1 is 1.18 bits per heavy atom. The van der Waals surface area contributed by atoms with Crippen LogP contribution in [0.5, 0.6) is 0 Å². The average molecular weight is 480 g/mol. The fourth-order valence-electron chi connectivity index (χ4n) is 6.84. The lowest BCUT2D eigenvalue weighted by molar-refractivity contribution is -0.116. The summed E-state index contributed by atoms with van der Waals surface area (Å²) in [6.07, 6.45) is 8.46. The van der Waals surface area contributed by atoms with Gasteiger partial charge in [-0.1, -0.05) is 29.8 Å². The van der Waals surface area contributed by atoms with Crippen molar-refractivity contribution in [2.45, 2.75) is 63.8 Å². The fourth-order valence-corrected chi connectivity index (χ4v) is 7.92. The van der Waals surface area contributed by atoms with Crippen LogP contribution in [0.15, 0.2) is 29.6 Å². The van der Waals surface area contributed by atoms with Crippen molar-refractivity contribution in [1.82, 2.24) is 19.7 Å². The van der Waals surface area contributed by atoms with E-state index >= 15 is 0 Å². The Morgan fingerprint density at radius 3 is 2.52 bits per heavy atom. The van der Waals surface area contributed by atoms with Crippen LogP contribution in [0.3, 0.4) is 0 Å². The van der Waals surface area contributed by atoms with E-state index in [1.165, 1.54) is 49.8 Å². The van der Waals surface area contributed by atoms with Crippen molar-refractivity contribution in [1.29, 1.82) is 0 Å². The molecule has 4 fully saturated rings. The number of amides is 1. The quantitative estimate of drug-likeness (QED) is 0.434. The summed E-state index contributed by atoms with van der Waals surface area (Å²) in [5, 5.41) is 13.2. The van der Waals surface area contributed by atoms with Crippen LogP contribution >= 0.6 is 23.6 Å². The number of aryl methyl sites for hydroxylation is 1. The molecule has 2 heterocycles. The summed E-state index contributed by atoms with van der Waals surface area (Å²) in [7, 11) is 0. The second-order valence-corrected chi connectivity index (χ2v) is 11.6. The second-order valence-electron chi connectivity index (χ2n) is 10.4. The Balaban J connectivity index is 1.12. The molecule has 0 spiro atoms. The van der Waals surface area contributed by atoms with Gasteiger partial charge in [0.15, 0.2) is 15.7 Å². The normalized spacial score (nSPS) is 27.7. The molecule has 1 amide bonds. The van der Waals surface area contributed by atoms with Gasteiger partial charge in [-0.3, -0.25) is 14.5 Å². The van der Waals surface area contributed by atoms with Gasteiger partial charge < -0.3 is 5.32 Å². The molecular weight excluding hydrogens is 450 g/mol. The third-order valence-electron chi connectivity index (χ3n) is 7.96. The van der Waals surface area contributed by atoms with E-state index in [1.54, 1.807) is 11.3 Å². The molecule has 4 aliphatic carbocycles. The third kappa shape index (κ3) is 3.97. The minimum absolute atomic E-state index is 0.0423. The monoisotopic (exact) mass is 479 g/mol. The Hall–Kier alpha value is -2.32. The number of nitrogens with one attached hydrogen (secondary N) is 2. The minimum atomic E-state index is -0.0423. The summed E-state index contributed by atoms with van der Waals surface area (Å²) in [6.45, 7) is 2.52. The van der Waals surface area contributed by atoms with E-state index < -0.39 is 0 Å². The number of nitrogens with zero attached hydrogens (tertiary/aromatic N) is 3. The number of carbonyl (C=O) groups is 1. The molecule has 4 bridgehead atoms. The number of hydrogen-bond donors (Lipinski definition) is 2. The third-order valence-corrected chi connectivity index (χ3v) is 9.03. The molecule has 1 aromatic carbocycles. The van der Waals surface area contributed by atoms with Crippen LogP contribution in [-0.2, 0) is 16.8 Å². The van der Waals surface area contributed by atoms with Gasteiger partial charge in [0, 0.05) is 29.3 Å². The first kappa shape index (κ1) is 21.2. The van der Waals surface area contributed by atoms with Gasteiger partial charge in [0.05, 0.1) is 5.69 Å². The highest BCUT2D eigenvalue weighted by molar-refractivity contribution is 7.71. The Labute approximate surface area is 202 Å². The molecule has 0 radical (unpaired) electrons. The summed E-state index contributed by atoms with van der Waals surface area (Å²) in [5.74, 6) is 3.38. The number of anilines is 1. The predicted octanol–water partition coefficient (Wildman–Crippen LogP) is 5.87. The van der Waals surface area contributed by atoms with Crippen LogP contribution in [0.1, 0.15) is 56.2 Å². The van der Waals surface area contributed by atoms with Crippen LogP contribution in [0.25, 0.3) is 11.4 Å². The number of hydrogen-bond acceptors (Lipinski definition) is 5. The zero-order chi connectivity index (χ0) is 22.6. The molecule has 0 saturated heterocycles. The number of thiazole rings is 1. The lowest BCUT2D eigenvalue weighted by atomic mass is 9.49. The summed E-state index contributed by atoms with van der Waals surface area (Å²) in [6, 6.07) is 8.15. The van der Waals surface area contributed by atoms with Crippen molar-refractivity contribution in [3.63, 3.8) is 0 Å². The van der Waals surface area contributed by atoms with Crippen LogP contribution in [0.2, 0.25) is 0 Å². The molecule has 0 aliphatic heterocycles. The molecule has 2 N–H and O–H groups in total. The number of benzene rings is 1. The van der Waals surface area contributed by atoms with Crippen molar-refractivity contribution >= 4 is 34.6 Å². The number of H-pyrrole nitrogens is 1. The maximum absolute atomic E-state index is 12.7. The molecule has 6 nitrogen and oxygen atoms in total. The van der Waals surface area contributed by atoms with Gasteiger partial charge in [-0.2, -0.15) is 5.10 Å². The number of rotatable bonds is 6. The maximum atomic E-state index is 12.7. The lowest BCUT2D eigenvalue weighted by Crippen LogP contribution is -2.48. The maximum Gasteiger partial charge on any atom is 0.227 e. The zero-order valence-corrected chi connectivity index (χ0v) is 20.5. The Bertz CT molecular complexity index is 1200. The molecule has 0 unspecified atom stereocenters. The van der Waals surface area contributed by atoms with Crippen LogP contribution < -0.4 is 5.32 Å². The highest BCUT2D eigenvalue weighted by Crippen LogP contribution is 2.60. The molecule has 172 valence electrons. The summed E-state index contributed by atoms with van der Waals surface area (Å²) >= 11 is 6.98. The summed E-state index contributed by atoms with van der Waals surface area (Å²) in [4.78, 5) is 17.7. The van der Waals surface area contributed by atoms with Gasteiger partial charge in [0.1, 0.15) is 0 Å². The molecular formula is C25H29N5OS2. The van der Waals surface area contributed by atoms with Gasteiger partial charge in [-0.05, 0) is 75.4 Å². The van der Waals surface area contributed by atoms with E-state index in [0.717, 1.165) is 34.3 Å². The number of aromatic amines is 1. The standard InChI is InChI=1S/C25H29N5OS2/c1-15-2-4-19(5-3-15)22-28-29-24(32)30(22)7-6-21(31)27-23-26-20(14-33-23)25-11-16-8-17(12-25)10-18(9-16)13-25/h2-5,14,16-18H,6-13H2,1H3,(H,29,32)(H,26,27,31). The fraction of sp³-hybridized carbons (Fsp3) is 0.520. The molecule has 2 aromatic heterocycles. The molecule has 33 heavy (non-hydrogen) atoms.